The summed E-state index contributed by atoms with van der Waals surface area (Å²) < 4.78 is 19.9. The third-order valence-corrected chi connectivity index (χ3v) is 4.79. The van der Waals surface area contributed by atoms with Crippen LogP contribution in [0.25, 0.3) is 11.3 Å². The SMILES string of the molecule is O=C(Cc1ccccc1)Nc1cc(NCc2ncc(-c3cccc(Cl)c3)o2)ccc1F. The smallest absolute Gasteiger partial charge is 0.228 e. The van der Waals surface area contributed by atoms with E-state index in [9.17, 15) is 9.18 Å². The third kappa shape index (κ3) is 5.49. The maximum absolute atomic E-state index is 14.2. The van der Waals surface area contributed by atoms with E-state index in [0.29, 0.717) is 28.9 Å². The summed E-state index contributed by atoms with van der Waals surface area (Å²) in [6.07, 6.45) is 1.79. The Labute approximate surface area is 183 Å². The first-order chi connectivity index (χ1) is 15.1. The second-order valence-corrected chi connectivity index (χ2v) is 7.32. The number of halogens is 2. The summed E-state index contributed by atoms with van der Waals surface area (Å²) in [4.78, 5) is 16.5. The molecule has 0 atom stereocenters. The van der Waals surface area contributed by atoms with Gasteiger partial charge in [-0.15, -0.1) is 0 Å². The molecule has 1 amide bonds. The number of rotatable bonds is 7. The van der Waals surface area contributed by atoms with Crippen LogP contribution in [0.2, 0.25) is 5.02 Å². The van der Waals surface area contributed by atoms with Gasteiger partial charge in [0.05, 0.1) is 24.8 Å². The highest BCUT2D eigenvalue weighted by Gasteiger charge is 2.10. The quantitative estimate of drug-likeness (QED) is 0.377. The maximum Gasteiger partial charge on any atom is 0.228 e. The Morgan fingerprint density at radius 2 is 1.87 bits per heavy atom. The summed E-state index contributed by atoms with van der Waals surface area (Å²) >= 11 is 6.02. The third-order valence-electron chi connectivity index (χ3n) is 4.55. The maximum atomic E-state index is 14.2. The molecule has 4 rings (SSSR count). The van der Waals surface area contributed by atoms with E-state index < -0.39 is 5.82 Å². The number of hydrogen-bond acceptors (Lipinski definition) is 4. The van der Waals surface area contributed by atoms with Crippen molar-refractivity contribution in [1.29, 1.82) is 0 Å². The Morgan fingerprint density at radius 3 is 2.68 bits per heavy atom. The predicted molar refractivity (Wildman–Crippen MR) is 119 cm³/mol. The van der Waals surface area contributed by atoms with E-state index in [1.165, 1.54) is 6.07 Å². The highest BCUT2D eigenvalue weighted by atomic mass is 35.5. The van der Waals surface area contributed by atoms with E-state index in [2.05, 4.69) is 15.6 Å². The number of anilines is 2. The van der Waals surface area contributed by atoms with Gasteiger partial charge in [0.1, 0.15) is 5.82 Å². The lowest BCUT2D eigenvalue weighted by Crippen LogP contribution is -2.15. The molecular formula is C24H19ClFN3O2. The molecule has 0 saturated carbocycles. The van der Waals surface area contributed by atoms with Crippen molar-refractivity contribution in [3.05, 3.63) is 101 Å². The lowest BCUT2D eigenvalue weighted by molar-refractivity contribution is -0.115. The summed E-state index contributed by atoms with van der Waals surface area (Å²) in [7, 11) is 0. The van der Waals surface area contributed by atoms with Gasteiger partial charge in [-0.25, -0.2) is 9.37 Å². The van der Waals surface area contributed by atoms with Crippen LogP contribution in [0.1, 0.15) is 11.5 Å². The first-order valence-electron chi connectivity index (χ1n) is 9.65. The second kappa shape index (κ2) is 9.45. The Morgan fingerprint density at radius 1 is 1.03 bits per heavy atom. The Bertz CT molecular complexity index is 1190. The van der Waals surface area contributed by atoms with Gasteiger partial charge in [0.15, 0.2) is 5.76 Å². The predicted octanol–water partition coefficient (Wildman–Crippen LogP) is 5.93. The molecule has 2 N–H and O–H groups in total. The summed E-state index contributed by atoms with van der Waals surface area (Å²) in [5.74, 6) is 0.272. The van der Waals surface area contributed by atoms with Gasteiger partial charge in [-0.3, -0.25) is 4.79 Å². The van der Waals surface area contributed by atoms with Gasteiger partial charge in [-0.1, -0.05) is 54.1 Å². The van der Waals surface area contributed by atoms with Gasteiger partial charge in [0, 0.05) is 16.3 Å². The van der Waals surface area contributed by atoms with Crippen molar-refractivity contribution >= 4 is 28.9 Å². The van der Waals surface area contributed by atoms with Crippen LogP contribution in [0.4, 0.5) is 15.8 Å². The fraction of sp³-hybridized carbons (Fsp3) is 0.0833. The molecule has 4 aromatic rings. The van der Waals surface area contributed by atoms with E-state index >= 15 is 0 Å². The van der Waals surface area contributed by atoms with Crippen LogP contribution in [0.5, 0.6) is 0 Å². The molecule has 0 radical (unpaired) electrons. The van der Waals surface area contributed by atoms with Crippen LogP contribution < -0.4 is 10.6 Å². The first-order valence-corrected chi connectivity index (χ1v) is 10.0. The van der Waals surface area contributed by atoms with E-state index in [-0.39, 0.29) is 18.0 Å². The zero-order chi connectivity index (χ0) is 21.6. The van der Waals surface area contributed by atoms with Crippen molar-refractivity contribution in [2.45, 2.75) is 13.0 Å². The van der Waals surface area contributed by atoms with Gasteiger partial charge >= 0.3 is 0 Å². The number of carbonyl (C=O) groups is 1. The molecule has 0 saturated heterocycles. The van der Waals surface area contributed by atoms with E-state index in [4.69, 9.17) is 16.0 Å². The van der Waals surface area contributed by atoms with Crippen LogP contribution >= 0.6 is 11.6 Å². The highest BCUT2D eigenvalue weighted by Crippen LogP contribution is 2.24. The fourth-order valence-corrected chi connectivity index (χ4v) is 3.24. The number of hydrogen-bond donors (Lipinski definition) is 2. The van der Waals surface area contributed by atoms with Crippen LogP contribution in [0.3, 0.4) is 0 Å². The molecule has 0 bridgehead atoms. The number of oxazole rings is 1. The van der Waals surface area contributed by atoms with Crippen molar-refractivity contribution < 1.29 is 13.6 Å². The molecule has 0 unspecified atom stereocenters. The van der Waals surface area contributed by atoms with Crippen LogP contribution in [-0.4, -0.2) is 10.9 Å². The number of benzene rings is 3. The molecule has 0 aliphatic carbocycles. The molecule has 31 heavy (non-hydrogen) atoms. The number of amides is 1. The minimum absolute atomic E-state index is 0.109. The Kier molecular flexibility index (Phi) is 6.29. The molecule has 0 aliphatic rings. The van der Waals surface area contributed by atoms with Crippen molar-refractivity contribution in [3.63, 3.8) is 0 Å². The lowest BCUT2D eigenvalue weighted by atomic mass is 10.1. The number of aromatic nitrogens is 1. The first kappa shape index (κ1) is 20.6. The van der Waals surface area contributed by atoms with Crippen LogP contribution in [0, 0.1) is 5.82 Å². The lowest BCUT2D eigenvalue weighted by Gasteiger charge is -2.10. The van der Waals surface area contributed by atoms with Crippen molar-refractivity contribution in [3.8, 4) is 11.3 Å². The molecule has 1 heterocycles. The molecule has 5 nitrogen and oxygen atoms in total. The molecule has 1 aromatic heterocycles. The van der Waals surface area contributed by atoms with Crippen LogP contribution in [0.15, 0.2) is 83.4 Å². The topological polar surface area (TPSA) is 67.2 Å². The minimum atomic E-state index is -0.508. The number of nitrogens with one attached hydrogen (secondary N) is 2. The average Bonchev–Trinajstić information content (AvgIpc) is 3.24. The molecule has 0 fully saturated rings. The Balaban J connectivity index is 1.39. The zero-order valence-corrected chi connectivity index (χ0v) is 17.2. The largest absolute Gasteiger partial charge is 0.439 e. The monoisotopic (exact) mass is 435 g/mol. The molecule has 156 valence electrons. The average molecular weight is 436 g/mol. The molecule has 0 spiro atoms. The highest BCUT2D eigenvalue weighted by molar-refractivity contribution is 6.30. The summed E-state index contributed by atoms with van der Waals surface area (Å²) in [6.45, 7) is 0.295. The summed E-state index contributed by atoms with van der Waals surface area (Å²) in [5.41, 5.74) is 2.42. The van der Waals surface area contributed by atoms with Gasteiger partial charge in [0.2, 0.25) is 11.8 Å². The summed E-state index contributed by atoms with van der Waals surface area (Å²) in [6, 6.07) is 21.0. The van der Waals surface area contributed by atoms with Gasteiger partial charge in [-0.05, 0) is 35.9 Å². The number of carbonyl (C=O) groups excluding carboxylic acids is 1. The van der Waals surface area contributed by atoms with E-state index in [0.717, 1.165) is 11.1 Å². The standard InChI is InChI=1S/C24H19ClFN3O2/c25-18-8-4-7-17(12-18)22-14-28-24(31-22)15-27-19-9-10-20(26)21(13-19)29-23(30)11-16-5-2-1-3-6-16/h1-10,12-14,27H,11,15H2,(H,29,30). The Hall–Kier alpha value is -3.64. The zero-order valence-electron chi connectivity index (χ0n) is 16.4. The van der Waals surface area contributed by atoms with Crippen molar-refractivity contribution in [2.24, 2.45) is 0 Å². The minimum Gasteiger partial charge on any atom is -0.439 e. The normalized spacial score (nSPS) is 10.6. The van der Waals surface area contributed by atoms with Crippen molar-refractivity contribution in [2.75, 3.05) is 10.6 Å². The van der Waals surface area contributed by atoms with Crippen LogP contribution in [-0.2, 0) is 17.8 Å². The van der Waals surface area contributed by atoms with Crippen molar-refractivity contribution in [1.82, 2.24) is 4.98 Å². The number of nitrogens with zero attached hydrogens (tertiary/aromatic N) is 1. The van der Waals surface area contributed by atoms with Gasteiger partial charge in [0.25, 0.3) is 0 Å². The second-order valence-electron chi connectivity index (χ2n) is 6.89. The molecular weight excluding hydrogens is 417 g/mol. The van der Waals surface area contributed by atoms with E-state index in [1.54, 1.807) is 30.5 Å². The van der Waals surface area contributed by atoms with Gasteiger partial charge in [-0.2, -0.15) is 0 Å². The molecule has 7 heteroatoms. The fourth-order valence-electron chi connectivity index (χ4n) is 3.05. The summed E-state index contributed by atoms with van der Waals surface area (Å²) in [5, 5.41) is 6.36. The molecule has 0 aliphatic heterocycles. The molecule has 3 aromatic carbocycles. The van der Waals surface area contributed by atoms with Gasteiger partial charge < -0.3 is 15.1 Å². The van der Waals surface area contributed by atoms with E-state index in [1.807, 2.05) is 42.5 Å².